The molecule has 2 aromatic rings. The third kappa shape index (κ3) is 4.72. The Morgan fingerprint density at radius 2 is 1.72 bits per heavy atom. The lowest BCUT2D eigenvalue weighted by molar-refractivity contribution is -0.116. The summed E-state index contributed by atoms with van der Waals surface area (Å²) < 4.78 is 5.09. The maximum absolute atomic E-state index is 12.2. The Morgan fingerprint density at radius 3 is 2.32 bits per heavy atom. The van der Waals surface area contributed by atoms with Crippen LogP contribution in [-0.4, -0.2) is 23.5 Å². The minimum absolute atomic E-state index is 0.0469. The van der Waals surface area contributed by atoms with Gasteiger partial charge in [-0.25, -0.2) is 4.79 Å². The van der Waals surface area contributed by atoms with Gasteiger partial charge in [-0.2, -0.15) is 0 Å². The second kappa shape index (κ2) is 8.01. The highest BCUT2D eigenvalue weighted by Gasteiger charge is 2.19. The standard InChI is InChI=1S/C20H26N2O3/c1-6-25-20(24)19-14(4)17(21-15(19)5)7-8-18(23)22-16-10-12(2)9-13(3)11-16/h9-11,21H,6-8H2,1-5H3,(H,22,23). The van der Waals surface area contributed by atoms with Crippen molar-refractivity contribution in [3.63, 3.8) is 0 Å². The molecule has 0 saturated heterocycles. The number of nitrogens with one attached hydrogen (secondary N) is 2. The number of aromatic nitrogens is 1. The van der Waals surface area contributed by atoms with Crippen molar-refractivity contribution in [2.45, 2.75) is 47.5 Å². The Kier molecular flexibility index (Phi) is 6.02. The number of H-pyrrole nitrogens is 1. The second-order valence-electron chi connectivity index (χ2n) is 6.37. The predicted octanol–water partition coefficient (Wildman–Crippen LogP) is 4.00. The summed E-state index contributed by atoms with van der Waals surface area (Å²) in [6.45, 7) is 9.87. The van der Waals surface area contributed by atoms with Gasteiger partial charge in [-0.05, 0) is 69.9 Å². The Balaban J connectivity index is 2.02. The van der Waals surface area contributed by atoms with E-state index in [-0.39, 0.29) is 11.9 Å². The third-order valence-electron chi connectivity index (χ3n) is 4.13. The van der Waals surface area contributed by atoms with Gasteiger partial charge in [0, 0.05) is 23.5 Å². The van der Waals surface area contributed by atoms with Crippen LogP contribution in [0.5, 0.6) is 0 Å². The zero-order valence-corrected chi connectivity index (χ0v) is 15.6. The van der Waals surface area contributed by atoms with E-state index >= 15 is 0 Å². The summed E-state index contributed by atoms with van der Waals surface area (Å²) in [7, 11) is 0. The van der Waals surface area contributed by atoms with Crippen molar-refractivity contribution in [1.82, 2.24) is 4.98 Å². The number of anilines is 1. The molecule has 5 heteroatoms. The highest BCUT2D eigenvalue weighted by Crippen LogP contribution is 2.21. The number of benzene rings is 1. The smallest absolute Gasteiger partial charge is 0.340 e. The van der Waals surface area contributed by atoms with Crippen LogP contribution in [0.3, 0.4) is 0 Å². The van der Waals surface area contributed by atoms with Gasteiger partial charge in [0.1, 0.15) is 0 Å². The molecular formula is C20H26N2O3. The maximum atomic E-state index is 12.2. The van der Waals surface area contributed by atoms with Crippen LogP contribution in [0.4, 0.5) is 5.69 Å². The van der Waals surface area contributed by atoms with Crippen molar-refractivity contribution in [3.05, 3.63) is 51.8 Å². The molecule has 2 N–H and O–H groups in total. The molecule has 0 atom stereocenters. The fourth-order valence-corrected chi connectivity index (χ4v) is 3.08. The van der Waals surface area contributed by atoms with Crippen LogP contribution in [0.25, 0.3) is 0 Å². The SMILES string of the molecule is CCOC(=O)c1c(C)[nH]c(CCC(=O)Nc2cc(C)cc(C)c2)c1C. The zero-order chi connectivity index (χ0) is 18.6. The second-order valence-corrected chi connectivity index (χ2v) is 6.37. The van der Waals surface area contributed by atoms with Crippen LogP contribution in [0.2, 0.25) is 0 Å². The molecule has 1 aromatic heterocycles. The van der Waals surface area contributed by atoms with Crippen LogP contribution >= 0.6 is 0 Å². The van der Waals surface area contributed by atoms with E-state index in [2.05, 4.69) is 16.4 Å². The molecule has 1 heterocycles. The van der Waals surface area contributed by atoms with Crippen molar-refractivity contribution < 1.29 is 14.3 Å². The van der Waals surface area contributed by atoms with Crippen molar-refractivity contribution >= 4 is 17.6 Å². The van der Waals surface area contributed by atoms with E-state index in [0.717, 1.165) is 33.8 Å². The zero-order valence-electron chi connectivity index (χ0n) is 15.6. The van der Waals surface area contributed by atoms with Gasteiger partial charge < -0.3 is 15.0 Å². The van der Waals surface area contributed by atoms with Crippen molar-refractivity contribution in [3.8, 4) is 0 Å². The largest absolute Gasteiger partial charge is 0.462 e. The van der Waals surface area contributed by atoms with Gasteiger partial charge in [-0.15, -0.1) is 0 Å². The Hall–Kier alpha value is -2.56. The number of hydrogen-bond donors (Lipinski definition) is 2. The summed E-state index contributed by atoms with van der Waals surface area (Å²) in [5.74, 6) is -0.367. The molecule has 0 spiro atoms. The number of aryl methyl sites for hydroxylation is 4. The molecule has 0 fully saturated rings. The minimum Gasteiger partial charge on any atom is -0.462 e. The van der Waals surface area contributed by atoms with E-state index in [0.29, 0.717) is 25.0 Å². The molecule has 0 bridgehead atoms. The summed E-state index contributed by atoms with van der Waals surface area (Å²) in [6.07, 6.45) is 0.888. The van der Waals surface area contributed by atoms with Crippen molar-refractivity contribution in [1.29, 1.82) is 0 Å². The first-order valence-electron chi connectivity index (χ1n) is 8.55. The monoisotopic (exact) mass is 342 g/mol. The normalized spacial score (nSPS) is 10.6. The molecule has 1 aromatic carbocycles. The van der Waals surface area contributed by atoms with Crippen LogP contribution in [0.1, 0.15) is 51.8 Å². The lowest BCUT2D eigenvalue weighted by atomic mass is 10.1. The maximum Gasteiger partial charge on any atom is 0.340 e. The van der Waals surface area contributed by atoms with Gasteiger partial charge in [0.05, 0.1) is 12.2 Å². The number of carbonyl (C=O) groups excluding carboxylic acids is 2. The Labute approximate surface area is 148 Å². The summed E-state index contributed by atoms with van der Waals surface area (Å²) >= 11 is 0. The summed E-state index contributed by atoms with van der Waals surface area (Å²) in [5, 5.41) is 2.93. The molecule has 0 aliphatic rings. The molecule has 0 saturated carbocycles. The van der Waals surface area contributed by atoms with Crippen molar-refractivity contribution in [2.24, 2.45) is 0 Å². The topological polar surface area (TPSA) is 71.2 Å². The van der Waals surface area contributed by atoms with Gasteiger partial charge in [0.15, 0.2) is 0 Å². The first kappa shape index (κ1) is 18.8. The molecular weight excluding hydrogens is 316 g/mol. The van der Waals surface area contributed by atoms with Gasteiger partial charge in [-0.3, -0.25) is 4.79 Å². The quantitative estimate of drug-likeness (QED) is 0.780. The summed E-state index contributed by atoms with van der Waals surface area (Å²) in [4.78, 5) is 27.5. The molecule has 2 rings (SSSR count). The Bertz CT molecular complexity index is 770. The van der Waals surface area contributed by atoms with E-state index in [9.17, 15) is 9.59 Å². The third-order valence-corrected chi connectivity index (χ3v) is 4.13. The number of ether oxygens (including phenoxy) is 1. The molecule has 0 unspecified atom stereocenters. The molecule has 0 radical (unpaired) electrons. The van der Waals surface area contributed by atoms with Crippen LogP contribution in [-0.2, 0) is 16.0 Å². The number of esters is 1. The molecule has 134 valence electrons. The summed E-state index contributed by atoms with van der Waals surface area (Å²) in [5.41, 5.74) is 6.16. The van der Waals surface area contributed by atoms with E-state index in [1.807, 2.05) is 39.8 Å². The van der Waals surface area contributed by atoms with E-state index in [1.54, 1.807) is 6.92 Å². The summed E-state index contributed by atoms with van der Waals surface area (Å²) in [6, 6.07) is 5.97. The molecule has 5 nitrogen and oxygen atoms in total. The van der Waals surface area contributed by atoms with E-state index < -0.39 is 0 Å². The van der Waals surface area contributed by atoms with Gasteiger partial charge in [-0.1, -0.05) is 6.07 Å². The predicted molar refractivity (Wildman–Crippen MR) is 99.1 cm³/mol. The number of carbonyl (C=O) groups is 2. The average Bonchev–Trinajstić information content (AvgIpc) is 2.78. The lowest BCUT2D eigenvalue weighted by Gasteiger charge is -2.08. The Morgan fingerprint density at radius 1 is 1.08 bits per heavy atom. The molecule has 0 aliphatic heterocycles. The number of hydrogen-bond acceptors (Lipinski definition) is 3. The van der Waals surface area contributed by atoms with E-state index in [4.69, 9.17) is 4.74 Å². The highest BCUT2D eigenvalue weighted by molar-refractivity contribution is 5.93. The minimum atomic E-state index is -0.320. The van der Waals surface area contributed by atoms with Gasteiger partial charge in [0.2, 0.25) is 5.91 Å². The fourth-order valence-electron chi connectivity index (χ4n) is 3.08. The number of amides is 1. The van der Waals surface area contributed by atoms with Crippen LogP contribution in [0.15, 0.2) is 18.2 Å². The first-order chi connectivity index (χ1) is 11.8. The number of aromatic amines is 1. The van der Waals surface area contributed by atoms with E-state index in [1.165, 1.54) is 0 Å². The average molecular weight is 342 g/mol. The van der Waals surface area contributed by atoms with Crippen molar-refractivity contribution in [2.75, 3.05) is 11.9 Å². The number of rotatable bonds is 6. The lowest BCUT2D eigenvalue weighted by Crippen LogP contribution is -2.13. The van der Waals surface area contributed by atoms with Gasteiger partial charge >= 0.3 is 5.97 Å². The van der Waals surface area contributed by atoms with Gasteiger partial charge in [0.25, 0.3) is 0 Å². The van der Waals surface area contributed by atoms with Crippen LogP contribution in [0, 0.1) is 27.7 Å². The highest BCUT2D eigenvalue weighted by atomic mass is 16.5. The molecule has 1 amide bonds. The molecule has 0 aliphatic carbocycles. The fraction of sp³-hybridized carbons (Fsp3) is 0.400. The van der Waals surface area contributed by atoms with Crippen LogP contribution < -0.4 is 5.32 Å². The first-order valence-corrected chi connectivity index (χ1v) is 8.55. The molecule has 25 heavy (non-hydrogen) atoms.